The second-order valence-electron chi connectivity index (χ2n) is 5.20. The minimum atomic E-state index is -0.599. The number of carbonyl (C=O) groups excluding carboxylic acids is 1. The van der Waals surface area contributed by atoms with Gasteiger partial charge in [-0.3, -0.25) is 4.79 Å². The summed E-state index contributed by atoms with van der Waals surface area (Å²) < 4.78 is 7.46. The van der Waals surface area contributed by atoms with Gasteiger partial charge in [-0.25, -0.2) is 0 Å². The number of hydrogen-bond donors (Lipinski definition) is 1. The average Bonchev–Trinajstić information content (AvgIpc) is 2.40. The van der Waals surface area contributed by atoms with Crippen molar-refractivity contribution in [3.8, 4) is 5.75 Å². The normalized spacial score (nSPS) is 11.9. The second-order valence-corrected chi connectivity index (χ2v) is 6.97. The minimum absolute atomic E-state index is 0.181. The zero-order valence-corrected chi connectivity index (χ0v) is 15.8. The predicted molar refractivity (Wildman–Crippen MR) is 96.5 cm³/mol. The van der Waals surface area contributed by atoms with Gasteiger partial charge in [-0.15, -0.1) is 0 Å². The number of nitrogens with one attached hydrogen (secondary N) is 1. The molecule has 22 heavy (non-hydrogen) atoms. The van der Waals surface area contributed by atoms with Crippen molar-refractivity contribution >= 4 is 43.5 Å². The predicted octanol–water partition coefficient (Wildman–Crippen LogP) is 5.23. The molecule has 0 bridgehead atoms. The molecule has 2 aromatic carbocycles. The molecule has 2 aromatic rings. The summed E-state index contributed by atoms with van der Waals surface area (Å²) in [5.41, 5.74) is 3.01. The number of amides is 1. The third-order valence-corrected chi connectivity index (χ3v) is 4.17. The fraction of sp³-hybridized carbons (Fsp3) is 0.235. The van der Waals surface area contributed by atoms with Crippen LogP contribution in [0.1, 0.15) is 18.1 Å². The number of halogens is 2. The van der Waals surface area contributed by atoms with Gasteiger partial charge in [0.15, 0.2) is 6.10 Å². The van der Waals surface area contributed by atoms with Crippen LogP contribution in [0.2, 0.25) is 0 Å². The smallest absolute Gasteiger partial charge is 0.265 e. The maximum Gasteiger partial charge on any atom is 0.265 e. The van der Waals surface area contributed by atoms with E-state index in [-0.39, 0.29) is 5.91 Å². The summed E-state index contributed by atoms with van der Waals surface area (Å²) in [7, 11) is 0. The Kier molecular flexibility index (Phi) is 5.64. The molecule has 0 heterocycles. The van der Waals surface area contributed by atoms with Gasteiger partial charge in [0, 0.05) is 10.2 Å². The minimum Gasteiger partial charge on any atom is -0.480 e. The van der Waals surface area contributed by atoms with Gasteiger partial charge < -0.3 is 10.1 Å². The number of ether oxygens (including phenoxy) is 1. The Bertz CT molecular complexity index is 681. The first-order valence-electron chi connectivity index (χ1n) is 6.86. The summed E-state index contributed by atoms with van der Waals surface area (Å²) in [6, 6.07) is 11.5. The lowest BCUT2D eigenvalue weighted by Crippen LogP contribution is -2.30. The molecule has 0 fully saturated rings. The van der Waals surface area contributed by atoms with Crippen molar-refractivity contribution in [2.24, 2.45) is 0 Å². The quantitative estimate of drug-likeness (QED) is 0.726. The van der Waals surface area contributed by atoms with Gasteiger partial charge in [-0.1, -0.05) is 22.0 Å². The van der Waals surface area contributed by atoms with E-state index in [9.17, 15) is 4.79 Å². The van der Waals surface area contributed by atoms with Crippen LogP contribution in [-0.4, -0.2) is 12.0 Å². The number of benzene rings is 2. The highest BCUT2D eigenvalue weighted by Crippen LogP contribution is 2.29. The van der Waals surface area contributed by atoms with Crippen LogP contribution in [0.25, 0.3) is 0 Å². The van der Waals surface area contributed by atoms with E-state index in [0.717, 1.165) is 25.8 Å². The first-order chi connectivity index (χ1) is 10.3. The van der Waals surface area contributed by atoms with Crippen molar-refractivity contribution in [1.82, 2.24) is 0 Å². The van der Waals surface area contributed by atoms with E-state index in [4.69, 9.17) is 4.74 Å². The average molecular weight is 427 g/mol. The van der Waals surface area contributed by atoms with Gasteiger partial charge in [0.1, 0.15) is 5.75 Å². The summed E-state index contributed by atoms with van der Waals surface area (Å²) in [5.74, 6) is 0.450. The Morgan fingerprint density at radius 2 is 1.73 bits per heavy atom. The van der Waals surface area contributed by atoms with Gasteiger partial charge in [0.05, 0.1) is 4.47 Å². The van der Waals surface area contributed by atoms with E-state index in [0.29, 0.717) is 5.75 Å². The highest BCUT2D eigenvalue weighted by atomic mass is 79.9. The highest BCUT2D eigenvalue weighted by Gasteiger charge is 2.16. The van der Waals surface area contributed by atoms with Crippen LogP contribution in [0.15, 0.2) is 45.3 Å². The summed E-state index contributed by atoms with van der Waals surface area (Å²) in [6.45, 7) is 5.73. The maximum absolute atomic E-state index is 12.3. The third-order valence-electron chi connectivity index (χ3n) is 3.06. The van der Waals surface area contributed by atoms with E-state index < -0.39 is 6.10 Å². The van der Waals surface area contributed by atoms with Gasteiger partial charge in [-0.2, -0.15) is 0 Å². The van der Waals surface area contributed by atoms with Crippen molar-refractivity contribution in [1.29, 1.82) is 0 Å². The molecule has 5 heteroatoms. The molecule has 3 nitrogen and oxygen atoms in total. The van der Waals surface area contributed by atoms with E-state index in [1.54, 1.807) is 6.92 Å². The lowest BCUT2D eigenvalue weighted by atomic mass is 10.1. The zero-order chi connectivity index (χ0) is 16.3. The first-order valence-corrected chi connectivity index (χ1v) is 8.44. The number of rotatable bonds is 4. The molecule has 1 atom stereocenters. The van der Waals surface area contributed by atoms with E-state index in [1.165, 1.54) is 0 Å². The Balaban J connectivity index is 2.05. The van der Waals surface area contributed by atoms with Crippen molar-refractivity contribution in [3.05, 3.63) is 56.5 Å². The maximum atomic E-state index is 12.3. The zero-order valence-electron chi connectivity index (χ0n) is 12.6. The van der Waals surface area contributed by atoms with Crippen LogP contribution in [-0.2, 0) is 4.79 Å². The fourth-order valence-electron chi connectivity index (χ4n) is 2.11. The molecule has 0 aliphatic heterocycles. The highest BCUT2D eigenvalue weighted by molar-refractivity contribution is 9.11. The Morgan fingerprint density at radius 3 is 2.32 bits per heavy atom. The van der Waals surface area contributed by atoms with Crippen molar-refractivity contribution < 1.29 is 9.53 Å². The Labute approximate surface area is 147 Å². The van der Waals surface area contributed by atoms with Gasteiger partial charge >= 0.3 is 0 Å². The third kappa shape index (κ3) is 4.58. The molecule has 0 aromatic heterocycles. The summed E-state index contributed by atoms with van der Waals surface area (Å²) in [5, 5.41) is 2.89. The molecule has 1 N–H and O–H groups in total. The summed E-state index contributed by atoms with van der Waals surface area (Å²) in [4.78, 5) is 12.3. The number of aryl methyl sites for hydroxylation is 2. The van der Waals surface area contributed by atoms with Gasteiger partial charge in [0.25, 0.3) is 5.91 Å². The largest absolute Gasteiger partial charge is 0.480 e. The van der Waals surface area contributed by atoms with Crippen molar-refractivity contribution in [3.63, 3.8) is 0 Å². The molecular formula is C17H17Br2NO2. The molecule has 116 valence electrons. The molecule has 1 amide bonds. The summed E-state index contributed by atoms with van der Waals surface area (Å²) >= 11 is 6.81. The monoisotopic (exact) mass is 425 g/mol. The van der Waals surface area contributed by atoms with Gasteiger partial charge in [-0.05, 0) is 78.2 Å². The van der Waals surface area contributed by atoms with Crippen LogP contribution in [0.3, 0.4) is 0 Å². The topological polar surface area (TPSA) is 38.3 Å². The lowest BCUT2D eigenvalue weighted by molar-refractivity contribution is -0.122. The fourth-order valence-corrected chi connectivity index (χ4v) is 3.25. The standard InChI is InChI=1S/C17H17Br2NO2/c1-10-6-11(2)8-14(7-10)20-17(21)12(3)22-16-5-4-13(18)9-15(16)19/h4-9,12H,1-3H3,(H,20,21)/t12-/m1/s1. The van der Waals surface area contributed by atoms with E-state index in [2.05, 4.69) is 43.2 Å². The Hall–Kier alpha value is -1.33. The molecule has 0 unspecified atom stereocenters. The molecule has 0 radical (unpaired) electrons. The van der Waals surface area contributed by atoms with Crippen LogP contribution in [0.5, 0.6) is 5.75 Å². The lowest BCUT2D eigenvalue weighted by Gasteiger charge is -2.16. The van der Waals surface area contributed by atoms with Crippen molar-refractivity contribution in [2.75, 3.05) is 5.32 Å². The number of carbonyl (C=O) groups is 1. The molecule has 0 saturated heterocycles. The first kappa shape index (κ1) is 17.0. The molecule has 0 aliphatic carbocycles. The Morgan fingerprint density at radius 1 is 1.09 bits per heavy atom. The van der Waals surface area contributed by atoms with Crippen LogP contribution < -0.4 is 10.1 Å². The molecular weight excluding hydrogens is 410 g/mol. The second kappa shape index (κ2) is 7.29. The van der Waals surface area contributed by atoms with E-state index >= 15 is 0 Å². The summed E-state index contributed by atoms with van der Waals surface area (Å²) in [6.07, 6.45) is -0.599. The molecule has 0 spiro atoms. The molecule has 0 saturated carbocycles. The number of hydrogen-bond acceptors (Lipinski definition) is 2. The van der Waals surface area contributed by atoms with Crippen LogP contribution >= 0.6 is 31.9 Å². The van der Waals surface area contributed by atoms with Crippen molar-refractivity contribution in [2.45, 2.75) is 26.9 Å². The number of anilines is 1. The molecule has 0 aliphatic rings. The van der Waals surface area contributed by atoms with Gasteiger partial charge in [0.2, 0.25) is 0 Å². The SMILES string of the molecule is Cc1cc(C)cc(NC(=O)[C@@H](C)Oc2ccc(Br)cc2Br)c1. The molecule has 2 rings (SSSR count). The van der Waals surface area contributed by atoms with Crippen LogP contribution in [0, 0.1) is 13.8 Å². The van der Waals surface area contributed by atoms with E-state index in [1.807, 2.05) is 44.2 Å². The van der Waals surface area contributed by atoms with Crippen LogP contribution in [0.4, 0.5) is 5.69 Å².